The molecule has 1 N–H and O–H groups in total. The van der Waals surface area contributed by atoms with E-state index in [1.165, 1.54) is 6.07 Å². The molecule has 4 atom stereocenters. The van der Waals surface area contributed by atoms with Gasteiger partial charge in [0.05, 0.1) is 23.3 Å². The molecule has 0 spiro atoms. The average Bonchev–Trinajstić information content (AvgIpc) is 2.94. The lowest BCUT2D eigenvalue weighted by atomic mass is 9.69. The van der Waals surface area contributed by atoms with Crippen LogP contribution >= 0.6 is 23.4 Å². The fourth-order valence-electron chi connectivity index (χ4n) is 5.66. The van der Waals surface area contributed by atoms with E-state index in [4.69, 9.17) is 25.8 Å². The summed E-state index contributed by atoms with van der Waals surface area (Å²) in [4.78, 5) is 14.9. The van der Waals surface area contributed by atoms with E-state index in [-0.39, 0.29) is 17.7 Å². The Hall–Kier alpha value is -1.98. The number of amides is 1. The lowest BCUT2D eigenvalue weighted by Gasteiger charge is -2.44. The molecule has 0 unspecified atom stereocenters. The number of fused-ring (bicyclic) bond motifs is 3. The van der Waals surface area contributed by atoms with Gasteiger partial charge in [0.1, 0.15) is 19.1 Å². The third-order valence-corrected chi connectivity index (χ3v) is 11.0. The highest BCUT2D eigenvalue weighted by molar-refractivity contribution is 7.99. The monoisotopic (exact) mass is 608 g/mol. The predicted molar refractivity (Wildman–Crippen MR) is 158 cm³/mol. The molecule has 2 aromatic carbocycles. The van der Waals surface area contributed by atoms with Crippen LogP contribution in [0.3, 0.4) is 0 Å². The Kier molecular flexibility index (Phi) is 9.52. The van der Waals surface area contributed by atoms with Crippen molar-refractivity contribution in [1.29, 1.82) is 0 Å². The van der Waals surface area contributed by atoms with Gasteiger partial charge < -0.3 is 19.1 Å². The van der Waals surface area contributed by atoms with Gasteiger partial charge in [0, 0.05) is 30.3 Å². The number of halogens is 1. The van der Waals surface area contributed by atoms with E-state index in [2.05, 4.69) is 9.62 Å². The van der Waals surface area contributed by atoms with Gasteiger partial charge in [-0.3, -0.25) is 4.79 Å². The van der Waals surface area contributed by atoms with Crippen molar-refractivity contribution in [1.82, 2.24) is 4.72 Å². The van der Waals surface area contributed by atoms with Crippen LogP contribution in [0.4, 0.5) is 5.69 Å². The molecule has 8 nitrogen and oxygen atoms in total. The molecule has 1 saturated carbocycles. The van der Waals surface area contributed by atoms with E-state index >= 15 is 0 Å². The molecule has 2 bridgehead atoms. The molecule has 1 amide bonds. The van der Waals surface area contributed by atoms with E-state index in [0.29, 0.717) is 60.2 Å². The Labute approximate surface area is 246 Å². The number of nitrogens with zero attached hydrogens (tertiary/aromatic N) is 1. The number of hydrogen-bond donors (Lipinski definition) is 1. The Balaban J connectivity index is 1.53. The third-order valence-electron chi connectivity index (χ3n) is 8.20. The first-order valence-electron chi connectivity index (χ1n) is 13.8. The molecule has 2 heterocycles. The van der Waals surface area contributed by atoms with Gasteiger partial charge in [-0.05, 0) is 84.7 Å². The molecule has 0 saturated heterocycles. The van der Waals surface area contributed by atoms with Crippen LogP contribution in [0.15, 0.2) is 41.3 Å². The van der Waals surface area contributed by atoms with E-state index in [0.717, 1.165) is 36.1 Å². The third kappa shape index (κ3) is 6.73. The summed E-state index contributed by atoms with van der Waals surface area (Å²) in [6.45, 7) is 3.50. The zero-order chi connectivity index (χ0) is 28.3. The second-order valence-electron chi connectivity index (χ2n) is 10.9. The van der Waals surface area contributed by atoms with Crippen molar-refractivity contribution in [2.45, 2.75) is 50.2 Å². The zero-order valence-electron chi connectivity index (χ0n) is 22.9. The summed E-state index contributed by atoms with van der Waals surface area (Å²) in [5, 5.41) is 0.660. The molecule has 2 aliphatic heterocycles. The van der Waals surface area contributed by atoms with Crippen molar-refractivity contribution in [3.8, 4) is 5.75 Å². The van der Waals surface area contributed by atoms with Gasteiger partial charge in [0.2, 0.25) is 5.91 Å². The van der Waals surface area contributed by atoms with Gasteiger partial charge in [-0.2, -0.15) is 11.8 Å². The summed E-state index contributed by atoms with van der Waals surface area (Å²) >= 11 is 7.92. The highest BCUT2D eigenvalue weighted by Gasteiger charge is 2.38. The first kappa shape index (κ1) is 29.5. The van der Waals surface area contributed by atoms with Gasteiger partial charge in [-0.1, -0.05) is 24.6 Å². The number of benzene rings is 2. The minimum Gasteiger partial charge on any atom is -0.487 e. The Bertz CT molecular complexity index is 1320. The molecule has 40 heavy (non-hydrogen) atoms. The summed E-state index contributed by atoms with van der Waals surface area (Å²) < 4.78 is 47.4. The molecular weight excluding hydrogens is 572 g/mol. The minimum atomic E-state index is -4.08. The Morgan fingerprint density at radius 2 is 1.98 bits per heavy atom. The molecule has 218 valence electrons. The van der Waals surface area contributed by atoms with Crippen molar-refractivity contribution in [3.63, 3.8) is 0 Å². The Morgan fingerprint density at radius 1 is 1.12 bits per heavy atom. The van der Waals surface area contributed by atoms with Gasteiger partial charge in [-0.15, -0.1) is 0 Å². The Morgan fingerprint density at radius 3 is 2.75 bits per heavy atom. The number of carbonyl (C=O) groups excluding carboxylic acids is 1. The van der Waals surface area contributed by atoms with Crippen LogP contribution < -0.4 is 14.4 Å². The molecule has 2 aromatic rings. The number of thioether (sulfide) groups is 1. The largest absolute Gasteiger partial charge is 0.487 e. The molecule has 11 heteroatoms. The number of methoxy groups -OCH3 is 1. The number of rotatable bonds is 1. The number of ether oxygens (including phenoxy) is 3. The van der Waals surface area contributed by atoms with Crippen molar-refractivity contribution in [2.75, 3.05) is 43.4 Å². The number of sulfonamides is 1. The second kappa shape index (κ2) is 12.9. The summed E-state index contributed by atoms with van der Waals surface area (Å²) in [5.41, 5.74) is 2.69. The van der Waals surface area contributed by atoms with Crippen molar-refractivity contribution in [2.24, 2.45) is 17.8 Å². The summed E-state index contributed by atoms with van der Waals surface area (Å²) in [7, 11) is -2.30. The standard InChI is InChI=1S/C29H37ClN2O6S2/c1-19-17-39-12-10-27(36-2)25-7-4-21(25)15-32-18-37-11-9-20-13-23(30)5-3-22(20)16-38-28-8-6-24(14-26(28)32)40(34,35)31-29(19)33/h3,5-6,8,13-14,19,21,25,27H,4,7,9-12,15-18H2,1-2H3,(H,31,33)/t19-,21+,25-,27+/m1/s1. The molecule has 3 aliphatic rings. The summed E-state index contributed by atoms with van der Waals surface area (Å²) in [5.74, 6) is 1.76. The van der Waals surface area contributed by atoms with E-state index in [1.807, 2.05) is 18.2 Å². The number of hydrogen-bond acceptors (Lipinski definition) is 8. The van der Waals surface area contributed by atoms with E-state index in [1.54, 1.807) is 37.9 Å². The van der Waals surface area contributed by atoms with Crippen LogP contribution in [0.1, 0.15) is 37.3 Å². The first-order chi connectivity index (χ1) is 19.2. The molecule has 0 aromatic heterocycles. The molecule has 0 radical (unpaired) electrons. The van der Waals surface area contributed by atoms with Gasteiger partial charge in [-0.25, -0.2) is 13.1 Å². The lowest BCUT2D eigenvalue weighted by Crippen LogP contribution is -2.45. The molecular formula is C29H37ClN2O6S2. The predicted octanol–water partition coefficient (Wildman–Crippen LogP) is 4.87. The van der Waals surface area contributed by atoms with Crippen LogP contribution in [-0.2, 0) is 37.3 Å². The van der Waals surface area contributed by atoms with Crippen molar-refractivity contribution in [3.05, 3.63) is 52.5 Å². The summed E-state index contributed by atoms with van der Waals surface area (Å²) in [6.07, 6.45) is 3.86. The second-order valence-corrected chi connectivity index (χ2v) is 14.1. The van der Waals surface area contributed by atoms with Crippen LogP contribution in [0.25, 0.3) is 0 Å². The molecule has 5 rings (SSSR count). The maximum atomic E-state index is 13.3. The van der Waals surface area contributed by atoms with Crippen LogP contribution in [0.5, 0.6) is 5.75 Å². The van der Waals surface area contributed by atoms with Crippen LogP contribution in [0.2, 0.25) is 5.02 Å². The first-order valence-corrected chi connectivity index (χ1v) is 16.8. The number of nitrogens with one attached hydrogen (secondary N) is 1. The average molecular weight is 609 g/mol. The van der Waals surface area contributed by atoms with Gasteiger partial charge in [0.15, 0.2) is 0 Å². The molecule has 1 fully saturated rings. The van der Waals surface area contributed by atoms with E-state index in [9.17, 15) is 13.2 Å². The molecule has 1 aliphatic carbocycles. The highest BCUT2D eigenvalue weighted by atomic mass is 35.5. The van der Waals surface area contributed by atoms with E-state index < -0.39 is 21.8 Å². The maximum absolute atomic E-state index is 13.3. The fourth-order valence-corrected chi connectivity index (χ4v) is 8.03. The van der Waals surface area contributed by atoms with Crippen molar-refractivity contribution < 1.29 is 27.4 Å². The maximum Gasteiger partial charge on any atom is 0.264 e. The highest BCUT2D eigenvalue weighted by Crippen LogP contribution is 2.42. The topological polar surface area (TPSA) is 94.2 Å². The quantitative estimate of drug-likeness (QED) is 0.490. The lowest BCUT2D eigenvalue weighted by molar-refractivity contribution is -0.122. The van der Waals surface area contributed by atoms with Gasteiger partial charge in [0.25, 0.3) is 10.0 Å². The summed E-state index contributed by atoms with van der Waals surface area (Å²) in [6, 6.07) is 10.5. The van der Waals surface area contributed by atoms with Gasteiger partial charge >= 0.3 is 0 Å². The minimum absolute atomic E-state index is 0.0159. The van der Waals surface area contributed by atoms with Crippen LogP contribution in [0, 0.1) is 17.8 Å². The number of anilines is 1. The normalized spacial score (nSPS) is 27.6. The fraction of sp³-hybridized carbons (Fsp3) is 0.552. The van der Waals surface area contributed by atoms with Crippen molar-refractivity contribution >= 4 is 45.0 Å². The SMILES string of the molecule is CO[C@H]1CCSC[C@@H](C)C(=O)NS(=O)(=O)c2ccc3c(c2)N(COCCc2cc(Cl)ccc2CO3)C[C@@H]2CC[C@H]21. The zero-order valence-corrected chi connectivity index (χ0v) is 25.3. The smallest absolute Gasteiger partial charge is 0.264 e. The van der Waals surface area contributed by atoms with Crippen LogP contribution in [-0.4, -0.2) is 58.9 Å². The number of carbonyl (C=O) groups is 1.